The van der Waals surface area contributed by atoms with E-state index < -0.39 is 0 Å². The monoisotopic (exact) mass is 396 g/mol. The lowest BCUT2D eigenvalue weighted by atomic mass is 10.1. The number of nitrogens with zero attached hydrogens (tertiary/aromatic N) is 2. The minimum atomic E-state index is -0.0796. The number of aryl methyl sites for hydroxylation is 3. The summed E-state index contributed by atoms with van der Waals surface area (Å²) in [6, 6.07) is 13.8. The molecule has 7 heteroatoms. The summed E-state index contributed by atoms with van der Waals surface area (Å²) in [5, 5.41) is 10.5. The lowest BCUT2D eigenvalue weighted by molar-refractivity contribution is -0.113. The van der Waals surface area contributed by atoms with Gasteiger partial charge in [-0.2, -0.15) is 0 Å². The minimum absolute atomic E-state index is 0.0796. The van der Waals surface area contributed by atoms with Crippen LogP contribution in [-0.4, -0.2) is 26.8 Å². The Hall–Kier alpha value is -2.80. The summed E-state index contributed by atoms with van der Waals surface area (Å²) in [6.07, 6.45) is 0.869. The topological polar surface area (TPSA) is 79.9 Å². The van der Waals surface area contributed by atoms with Crippen molar-refractivity contribution in [3.63, 3.8) is 0 Å². The van der Waals surface area contributed by atoms with E-state index in [1.165, 1.54) is 11.8 Å². The van der Waals surface area contributed by atoms with Crippen LogP contribution in [0.5, 0.6) is 5.75 Å². The number of aromatic amines is 1. The Bertz CT molecular complexity index is 935. The summed E-state index contributed by atoms with van der Waals surface area (Å²) >= 11 is 1.29. The molecule has 1 amide bonds. The SMILES string of the molecule is CCc1ccccc1NC(=O)CSc1n[nH]c(COc2c(C)cccc2C)n1. The Kier molecular flexibility index (Phi) is 6.71. The number of benzene rings is 2. The van der Waals surface area contributed by atoms with Crippen LogP contribution in [0.3, 0.4) is 0 Å². The third-order valence-electron chi connectivity index (χ3n) is 4.28. The molecule has 6 nitrogen and oxygen atoms in total. The van der Waals surface area contributed by atoms with Crippen molar-refractivity contribution in [1.29, 1.82) is 0 Å². The van der Waals surface area contributed by atoms with Gasteiger partial charge in [0.2, 0.25) is 11.1 Å². The highest BCUT2D eigenvalue weighted by atomic mass is 32.2. The molecule has 0 radical (unpaired) electrons. The number of nitrogens with one attached hydrogen (secondary N) is 2. The zero-order valence-corrected chi connectivity index (χ0v) is 17.1. The molecule has 0 fully saturated rings. The smallest absolute Gasteiger partial charge is 0.234 e. The fourth-order valence-corrected chi connectivity index (χ4v) is 3.46. The number of amides is 1. The molecule has 0 spiro atoms. The van der Waals surface area contributed by atoms with Crippen LogP contribution in [0.4, 0.5) is 5.69 Å². The number of anilines is 1. The van der Waals surface area contributed by atoms with Crippen molar-refractivity contribution >= 4 is 23.4 Å². The van der Waals surface area contributed by atoms with Gasteiger partial charge in [0.1, 0.15) is 12.4 Å². The molecule has 0 aliphatic heterocycles. The standard InChI is InChI=1S/C21H24N4O2S/c1-4-16-10-5-6-11-17(16)22-19(26)13-28-21-23-18(24-25-21)12-27-20-14(2)8-7-9-15(20)3/h5-11H,4,12-13H2,1-3H3,(H,22,26)(H,23,24,25). The van der Waals surface area contributed by atoms with Crippen molar-refractivity contribution in [2.75, 3.05) is 11.1 Å². The molecule has 0 saturated carbocycles. The fraction of sp³-hybridized carbons (Fsp3) is 0.286. The average Bonchev–Trinajstić information content (AvgIpc) is 3.14. The molecule has 3 aromatic rings. The first kappa shape index (κ1) is 19.9. The zero-order valence-electron chi connectivity index (χ0n) is 16.3. The Morgan fingerprint density at radius 1 is 1.14 bits per heavy atom. The van der Waals surface area contributed by atoms with Gasteiger partial charge in [0, 0.05) is 5.69 Å². The van der Waals surface area contributed by atoms with Gasteiger partial charge in [-0.3, -0.25) is 9.89 Å². The average molecular weight is 397 g/mol. The molecule has 0 aliphatic rings. The summed E-state index contributed by atoms with van der Waals surface area (Å²) in [7, 11) is 0. The van der Waals surface area contributed by atoms with Crippen molar-refractivity contribution in [3.05, 3.63) is 65.0 Å². The predicted molar refractivity (Wildman–Crippen MR) is 112 cm³/mol. The van der Waals surface area contributed by atoms with Crippen molar-refractivity contribution in [3.8, 4) is 5.75 Å². The third kappa shape index (κ3) is 5.13. The van der Waals surface area contributed by atoms with E-state index in [4.69, 9.17) is 4.74 Å². The van der Waals surface area contributed by atoms with E-state index in [1.807, 2.05) is 56.3 Å². The van der Waals surface area contributed by atoms with Crippen molar-refractivity contribution in [1.82, 2.24) is 15.2 Å². The first-order valence-corrected chi connectivity index (χ1v) is 10.2. The molecule has 146 valence electrons. The second-order valence-electron chi connectivity index (χ2n) is 6.42. The van der Waals surface area contributed by atoms with Gasteiger partial charge in [0.05, 0.1) is 5.75 Å². The largest absolute Gasteiger partial charge is 0.485 e. The number of aromatic nitrogens is 3. The first-order valence-electron chi connectivity index (χ1n) is 9.17. The van der Waals surface area contributed by atoms with Crippen LogP contribution in [0.1, 0.15) is 29.4 Å². The molecular formula is C21H24N4O2S. The second kappa shape index (κ2) is 9.41. The molecule has 2 N–H and O–H groups in total. The van der Waals surface area contributed by atoms with Gasteiger partial charge in [-0.1, -0.05) is 55.1 Å². The number of hydrogen-bond acceptors (Lipinski definition) is 5. The molecule has 0 saturated heterocycles. The molecule has 0 aliphatic carbocycles. The summed E-state index contributed by atoms with van der Waals surface area (Å²) in [6.45, 7) is 6.39. The first-order chi connectivity index (χ1) is 13.6. The summed E-state index contributed by atoms with van der Waals surface area (Å²) in [4.78, 5) is 16.6. The summed E-state index contributed by atoms with van der Waals surface area (Å²) < 4.78 is 5.87. The molecule has 0 atom stereocenters. The van der Waals surface area contributed by atoms with E-state index in [2.05, 4.69) is 27.4 Å². The molecule has 28 heavy (non-hydrogen) atoms. The molecule has 2 aromatic carbocycles. The van der Waals surface area contributed by atoms with Gasteiger partial charge in [0.25, 0.3) is 0 Å². The van der Waals surface area contributed by atoms with Crippen LogP contribution in [0, 0.1) is 13.8 Å². The van der Waals surface area contributed by atoms with Crippen LogP contribution < -0.4 is 10.1 Å². The van der Waals surface area contributed by atoms with E-state index >= 15 is 0 Å². The fourth-order valence-electron chi connectivity index (χ4n) is 2.84. The van der Waals surface area contributed by atoms with Gasteiger partial charge in [0.15, 0.2) is 5.82 Å². The molecule has 3 rings (SSSR count). The highest BCUT2D eigenvalue weighted by molar-refractivity contribution is 7.99. The van der Waals surface area contributed by atoms with Crippen LogP contribution in [0.25, 0.3) is 0 Å². The van der Waals surface area contributed by atoms with Gasteiger partial charge in [-0.05, 0) is 43.0 Å². The van der Waals surface area contributed by atoms with Crippen molar-refractivity contribution in [2.45, 2.75) is 39.0 Å². The van der Waals surface area contributed by atoms with Gasteiger partial charge in [-0.15, -0.1) is 5.10 Å². The van der Waals surface area contributed by atoms with E-state index in [1.54, 1.807) is 0 Å². The lowest BCUT2D eigenvalue weighted by Crippen LogP contribution is -2.15. The molecule has 0 bridgehead atoms. The number of para-hydroxylation sites is 2. The lowest BCUT2D eigenvalue weighted by Gasteiger charge is -2.10. The second-order valence-corrected chi connectivity index (χ2v) is 7.36. The number of ether oxygens (including phenoxy) is 1. The predicted octanol–water partition coefficient (Wildman–Crippen LogP) is 4.29. The van der Waals surface area contributed by atoms with Gasteiger partial charge in [-0.25, -0.2) is 4.98 Å². The Morgan fingerprint density at radius 2 is 1.89 bits per heavy atom. The number of rotatable bonds is 8. The Morgan fingerprint density at radius 3 is 2.64 bits per heavy atom. The van der Waals surface area contributed by atoms with Crippen LogP contribution in [-0.2, 0) is 17.8 Å². The number of thioether (sulfide) groups is 1. The number of carbonyl (C=O) groups excluding carboxylic acids is 1. The molecule has 1 aromatic heterocycles. The highest BCUT2D eigenvalue weighted by Gasteiger charge is 2.11. The summed E-state index contributed by atoms with van der Waals surface area (Å²) in [5.41, 5.74) is 4.13. The van der Waals surface area contributed by atoms with E-state index in [-0.39, 0.29) is 11.7 Å². The maximum absolute atomic E-state index is 12.2. The van der Waals surface area contributed by atoms with Gasteiger partial charge >= 0.3 is 0 Å². The molecule has 1 heterocycles. The van der Waals surface area contributed by atoms with Crippen LogP contribution in [0.2, 0.25) is 0 Å². The van der Waals surface area contributed by atoms with Crippen molar-refractivity contribution in [2.24, 2.45) is 0 Å². The maximum atomic E-state index is 12.2. The normalized spacial score (nSPS) is 10.7. The zero-order chi connectivity index (χ0) is 19.9. The molecule has 0 unspecified atom stereocenters. The quantitative estimate of drug-likeness (QED) is 0.555. The number of H-pyrrole nitrogens is 1. The van der Waals surface area contributed by atoms with E-state index in [0.29, 0.717) is 17.6 Å². The number of carbonyl (C=O) groups is 1. The highest BCUT2D eigenvalue weighted by Crippen LogP contribution is 2.23. The van der Waals surface area contributed by atoms with E-state index in [0.717, 1.165) is 34.5 Å². The van der Waals surface area contributed by atoms with E-state index in [9.17, 15) is 4.79 Å². The minimum Gasteiger partial charge on any atom is -0.485 e. The number of hydrogen-bond donors (Lipinski definition) is 2. The third-order valence-corrected chi connectivity index (χ3v) is 5.13. The van der Waals surface area contributed by atoms with Crippen molar-refractivity contribution < 1.29 is 9.53 Å². The maximum Gasteiger partial charge on any atom is 0.234 e. The Labute approximate surface area is 169 Å². The Balaban J connectivity index is 1.51. The van der Waals surface area contributed by atoms with Gasteiger partial charge < -0.3 is 10.1 Å². The van der Waals surface area contributed by atoms with Crippen LogP contribution >= 0.6 is 11.8 Å². The molecular weight excluding hydrogens is 372 g/mol. The summed E-state index contributed by atoms with van der Waals surface area (Å²) in [5.74, 6) is 1.65. The van der Waals surface area contributed by atoms with Crippen LogP contribution in [0.15, 0.2) is 47.6 Å².